The van der Waals surface area contributed by atoms with Gasteiger partial charge in [0.2, 0.25) is 0 Å². The van der Waals surface area contributed by atoms with E-state index in [9.17, 15) is 5.11 Å². The van der Waals surface area contributed by atoms with Gasteiger partial charge >= 0.3 is 0 Å². The molecule has 0 radical (unpaired) electrons. The summed E-state index contributed by atoms with van der Waals surface area (Å²) in [4.78, 5) is 8.67. The number of hydrogen-bond donors (Lipinski definition) is 2. The van der Waals surface area contributed by atoms with Crippen molar-refractivity contribution in [3.63, 3.8) is 0 Å². The highest BCUT2D eigenvalue weighted by Crippen LogP contribution is 2.21. The van der Waals surface area contributed by atoms with Crippen molar-refractivity contribution >= 4 is 11.6 Å². The van der Waals surface area contributed by atoms with Crippen LogP contribution in [0.4, 0.5) is 5.82 Å². The second-order valence-electron chi connectivity index (χ2n) is 4.80. The van der Waals surface area contributed by atoms with Crippen LogP contribution in [0.2, 0.25) is 0 Å². The Morgan fingerprint density at radius 1 is 1.29 bits per heavy atom. The number of nitrogens with zero attached hydrogens (tertiary/aromatic N) is 4. The molecule has 6 heteroatoms. The van der Waals surface area contributed by atoms with E-state index < -0.39 is 0 Å². The number of aliphatic hydroxyl groups is 1. The van der Waals surface area contributed by atoms with Crippen LogP contribution in [0.1, 0.15) is 13.3 Å². The van der Waals surface area contributed by atoms with Crippen LogP contribution >= 0.6 is 0 Å². The van der Waals surface area contributed by atoms with Crippen LogP contribution in [0.5, 0.6) is 0 Å². The van der Waals surface area contributed by atoms with E-state index in [1.165, 1.54) is 6.33 Å². The molecule has 0 aliphatic carbocycles. The van der Waals surface area contributed by atoms with E-state index in [0.29, 0.717) is 5.78 Å². The highest BCUT2D eigenvalue weighted by molar-refractivity contribution is 5.65. The first-order valence-corrected chi connectivity index (χ1v) is 6.95. The van der Waals surface area contributed by atoms with Gasteiger partial charge in [0.1, 0.15) is 12.1 Å². The van der Waals surface area contributed by atoms with E-state index in [2.05, 4.69) is 20.4 Å². The molecule has 2 aromatic heterocycles. The van der Waals surface area contributed by atoms with Crippen LogP contribution < -0.4 is 5.32 Å². The average molecular weight is 283 g/mol. The van der Waals surface area contributed by atoms with Gasteiger partial charge in [-0.15, -0.1) is 0 Å². The van der Waals surface area contributed by atoms with Crippen molar-refractivity contribution in [1.82, 2.24) is 19.6 Å². The maximum atomic E-state index is 9.37. The zero-order valence-corrected chi connectivity index (χ0v) is 11.8. The molecule has 3 rings (SSSR count). The Hall–Kier alpha value is -2.47. The Morgan fingerprint density at radius 3 is 2.81 bits per heavy atom. The lowest BCUT2D eigenvalue weighted by Crippen LogP contribution is -2.24. The van der Waals surface area contributed by atoms with Gasteiger partial charge in [-0.3, -0.25) is 0 Å². The van der Waals surface area contributed by atoms with Gasteiger partial charge in [0.05, 0.1) is 18.3 Å². The summed E-state index contributed by atoms with van der Waals surface area (Å²) in [5.41, 5.74) is 1.84. The third-order valence-electron chi connectivity index (χ3n) is 3.39. The first-order valence-electron chi connectivity index (χ1n) is 6.95. The summed E-state index contributed by atoms with van der Waals surface area (Å²) in [6.07, 6.45) is 2.29. The third-order valence-corrected chi connectivity index (χ3v) is 3.39. The maximum Gasteiger partial charge on any atom is 0.254 e. The number of nitrogens with one attached hydrogen (secondary N) is 1. The van der Waals surface area contributed by atoms with E-state index in [-0.39, 0.29) is 12.6 Å². The normalized spacial score (nSPS) is 12.5. The molecule has 0 aliphatic rings. The smallest absolute Gasteiger partial charge is 0.254 e. The van der Waals surface area contributed by atoms with Crippen molar-refractivity contribution in [2.45, 2.75) is 19.4 Å². The molecule has 1 atom stereocenters. The quantitative estimate of drug-likeness (QED) is 0.749. The summed E-state index contributed by atoms with van der Waals surface area (Å²) in [5.74, 6) is 1.31. The molecular weight excluding hydrogens is 266 g/mol. The minimum absolute atomic E-state index is 0.0246. The Balaban J connectivity index is 2.07. The summed E-state index contributed by atoms with van der Waals surface area (Å²) < 4.78 is 1.64. The number of aliphatic hydroxyl groups excluding tert-OH is 1. The molecule has 2 N–H and O–H groups in total. The Labute approximate surface area is 122 Å². The zero-order chi connectivity index (χ0) is 14.7. The van der Waals surface area contributed by atoms with E-state index >= 15 is 0 Å². The fraction of sp³-hybridized carbons (Fsp3) is 0.267. The topological polar surface area (TPSA) is 75.3 Å². The second kappa shape index (κ2) is 5.88. The van der Waals surface area contributed by atoms with Crippen LogP contribution in [0, 0.1) is 0 Å². The lowest BCUT2D eigenvalue weighted by Gasteiger charge is -2.16. The minimum Gasteiger partial charge on any atom is -0.394 e. The van der Waals surface area contributed by atoms with Gasteiger partial charge in [0.25, 0.3) is 5.78 Å². The third kappa shape index (κ3) is 2.71. The number of fused-ring (bicyclic) bond motifs is 1. The first-order chi connectivity index (χ1) is 10.3. The van der Waals surface area contributed by atoms with Crippen molar-refractivity contribution in [1.29, 1.82) is 0 Å². The number of rotatable bonds is 5. The van der Waals surface area contributed by atoms with Crippen molar-refractivity contribution in [2.75, 3.05) is 11.9 Å². The summed E-state index contributed by atoms with van der Waals surface area (Å²) >= 11 is 0. The number of aromatic nitrogens is 4. The molecule has 1 unspecified atom stereocenters. The van der Waals surface area contributed by atoms with Gasteiger partial charge in [0.15, 0.2) is 0 Å². The number of benzene rings is 1. The summed E-state index contributed by atoms with van der Waals surface area (Å²) in [6.45, 7) is 2.08. The predicted octanol–water partition coefficient (Wildman–Crippen LogP) is 1.97. The number of anilines is 1. The molecule has 0 fully saturated rings. The Morgan fingerprint density at radius 2 is 2.10 bits per heavy atom. The minimum atomic E-state index is -0.0246. The van der Waals surface area contributed by atoms with Crippen LogP contribution in [0.25, 0.3) is 17.0 Å². The molecule has 0 bridgehead atoms. The van der Waals surface area contributed by atoms with E-state index in [4.69, 9.17) is 0 Å². The molecular formula is C15H17N5O. The highest BCUT2D eigenvalue weighted by atomic mass is 16.3. The molecule has 21 heavy (non-hydrogen) atoms. The lowest BCUT2D eigenvalue weighted by atomic mass is 10.1. The zero-order valence-electron chi connectivity index (χ0n) is 11.8. The van der Waals surface area contributed by atoms with Gasteiger partial charge in [-0.05, 0) is 6.42 Å². The molecule has 0 saturated heterocycles. The van der Waals surface area contributed by atoms with Gasteiger partial charge in [-0.1, -0.05) is 37.3 Å². The summed E-state index contributed by atoms with van der Waals surface area (Å²) in [7, 11) is 0. The second-order valence-corrected chi connectivity index (χ2v) is 4.80. The van der Waals surface area contributed by atoms with Crippen LogP contribution in [0.15, 0.2) is 42.7 Å². The van der Waals surface area contributed by atoms with Crippen LogP contribution in [0.3, 0.4) is 0 Å². The van der Waals surface area contributed by atoms with E-state index in [1.807, 2.05) is 43.3 Å². The molecule has 0 aliphatic heterocycles. The highest BCUT2D eigenvalue weighted by Gasteiger charge is 2.12. The summed E-state index contributed by atoms with van der Waals surface area (Å²) in [6, 6.07) is 11.8. The van der Waals surface area contributed by atoms with Crippen molar-refractivity contribution in [2.24, 2.45) is 0 Å². The van der Waals surface area contributed by atoms with E-state index in [1.54, 1.807) is 4.52 Å². The van der Waals surface area contributed by atoms with Crippen molar-refractivity contribution in [3.05, 3.63) is 42.7 Å². The molecule has 2 heterocycles. The Kier molecular flexibility index (Phi) is 3.79. The standard InChI is InChI=1S/C15H17N5O/c1-2-12(9-21)18-14-8-13(11-6-4-3-5-7-11)19-15-16-10-17-20(14)15/h3-8,10,12,18,21H,2,9H2,1H3. The molecule has 108 valence electrons. The predicted molar refractivity (Wildman–Crippen MR) is 81.0 cm³/mol. The molecule has 6 nitrogen and oxygen atoms in total. The van der Waals surface area contributed by atoms with Crippen LogP contribution in [-0.2, 0) is 0 Å². The molecule has 0 spiro atoms. The van der Waals surface area contributed by atoms with E-state index in [0.717, 1.165) is 23.5 Å². The number of hydrogen-bond acceptors (Lipinski definition) is 5. The monoisotopic (exact) mass is 283 g/mol. The first kappa shape index (κ1) is 13.5. The van der Waals surface area contributed by atoms with Crippen molar-refractivity contribution in [3.8, 4) is 11.3 Å². The molecule has 0 saturated carbocycles. The SMILES string of the molecule is CCC(CO)Nc1cc(-c2ccccc2)nc2ncnn12. The molecule has 1 aromatic carbocycles. The molecule has 0 amide bonds. The van der Waals surface area contributed by atoms with Gasteiger partial charge in [-0.2, -0.15) is 14.6 Å². The fourth-order valence-corrected chi connectivity index (χ4v) is 2.16. The van der Waals surface area contributed by atoms with Crippen molar-refractivity contribution < 1.29 is 5.11 Å². The lowest BCUT2D eigenvalue weighted by molar-refractivity contribution is 0.271. The maximum absolute atomic E-state index is 9.37. The molecule has 3 aromatic rings. The van der Waals surface area contributed by atoms with Gasteiger partial charge < -0.3 is 10.4 Å². The van der Waals surface area contributed by atoms with Gasteiger partial charge in [0, 0.05) is 11.6 Å². The summed E-state index contributed by atoms with van der Waals surface area (Å²) in [5, 5.41) is 16.8. The fourth-order valence-electron chi connectivity index (χ4n) is 2.16. The van der Waals surface area contributed by atoms with Crippen LogP contribution in [-0.4, -0.2) is 37.3 Å². The largest absolute Gasteiger partial charge is 0.394 e. The van der Waals surface area contributed by atoms with Gasteiger partial charge in [-0.25, -0.2) is 4.98 Å². The average Bonchev–Trinajstić information content (AvgIpc) is 3.02. The Bertz CT molecular complexity index is 721.